The lowest BCUT2D eigenvalue weighted by molar-refractivity contribution is 0.0698. The first-order chi connectivity index (χ1) is 11.6. The molecule has 0 aliphatic carbocycles. The Bertz CT molecular complexity index is 694. The van der Waals surface area contributed by atoms with Crippen LogP contribution in [0.3, 0.4) is 0 Å². The first-order valence-corrected chi connectivity index (χ1v) is 8.48. The van der Waals surface area contributed by atoms with Crippen LogP contribution in [0.1, 0.15) is 29.6 Å². The molecule has 24 heavy (non-hydrogen) atoms. The van der Waals surface area contributed by atoms with Crippen LogP contribution >= 0.6 is 11.6 Å². The van der Waals surface area contributed by atoms with Gasteiger partial charge in [-0.25, -0.2) is 4.79 Å². The zero-order chi connectivity index (χ0) is 16.9. The molecule has 2 N–H and O–H groups in total. The second-order valence-electron chi connectivity index (χ2n) is 5.88. The topological polar surface area (TPSA) is 78.6 Å². The molecule has 6 nitrogen and oxygen atoms in total. The number of likely N-dealkylation sites (tertiary alicyclic amines) is 1. The van der Waals surface area contributed by atoms with E-state index in [2.05, 4.69) is 15.4 Å². The first-order valence-electron chi connectivity index (χ1n) is 8.10. The molecular weight excluding hydrogens is 330 g/mol. The molecule has 2 aromatic rings. The summed E-state index contributed by atoms with van der Waals surface area (Å²) in [6.07, 6.45) is 3.75. The fourth-order valence-corrected chi connectivity index (χ4v) is 3.05. The molecule has 1 aliphatic heterocycles. The summed E-state index contributed by atoms with van der Waals surface area (Å²) in [4.78, 5) is 14.0. The molecule has 1 aromatic carbocycles. The van der Waals surface area contributed by atoms with Crippen molar-refractivity contribution >= 4 is 23.4 Å². The van der Waals surface area contributed by atoms with E-state index in [9.17, 15) is 9.90 Å². The first kappa shape index (κ1) is 16.8. The number of aromatic nitrogens is 1. The third-order valence-electron chi connectivity index (χ3n) is 4.18. The SMILES string of the molecule is O=C(O)c1c(NCCN2CCCCC2)noc1-c1ccc(Cl)cc1. The van der Waals surface area contributed by atoms with Gasteiger partial charge in [0.15, 0.2) is 17.1 Å². The lowest BCUT2D eigenvalue weighted by Gasteiger charge is -2.26. The number of benzene rings is 1. The molecule has 0 spiro atoms. The van der Waals surface area contributed by atoms with Crippen LogP contribution < -0.4 is 5.32 Å². The van der Waals surface area contributed by atoms with Crippen LogP contribution in [0.4, 0.5) is 5.82 Å². The minimum Gasteiger partial charge on any atom is -0.477 e. The lowest BCUT2D eigenvalue weighted by Crippen LogP contribution is -2.33. The number of anilines is 1. The minimum absolute atomic E-state index is 0.0518. The highest BCUT2D eigenvalue weighted by molar-refractivity contribution is 6.30. The summed E-state index contributed by atoms with van der Waals surface area (Å²) < 4.78 is 5.28. The third-order valence-corrected chi connectivity index (χ3v) is 4.43. The zero-order valence-electron chi connectivity index (χ0n) is 13.3. The molecule has 2 heterocycles. The van der Waals surface area contributed by atoms with Crippen molar-refractivity contribution < 1.29 is 14.4 Å². The Morgan fingerprint density at radius 3 is 2.62 bits per heavy atom. The highest BCUT2D eigenvalue weighted by Crippen LogP contribution is 2.30. The van der Waals surface area contributed by atoms with E-state index in [0.29, 0.717) is 17.1 Å². The fourth-order valence-electron chi connectivity index (χ4n) is 2.92. The summed E-state index contributed by atoms with van der Waals surface area (Å²) in [5.74, 6) is -0.564. The second-order valence-corrected chi connectivity index (χ2v) is 6.31. The molecular formula is C17H20ClN3O3. The van der Waals surface area contributed by atoms with Gasteiger partial charge in [-0.2, -0.15) is 0 Å². The Morgan fingerprint density at radius 1 is 1.25 bits per heavy atom. The van der Waals surface area contributed by atoms with Crippen molar-refractivity contribution in [1.82, 2.24) is 10.1 Å². The molecule has 3 rings (SSSR count). The summed E-state index contributed by atoms with van der Waals surface area (Å²) in [5.41, 5.74) is 0.685. The van der Waals surface area contributed by atoms with E-state index < -0.39 is 5.97 Å². The maximum atomic E-state index is 11.6. The lowest BCUT2D eigenvalue weighted by atomic mass is 10.1. The standard InChI is InChI=1S/C17H20ClN3O3/c18-13-6-4-12(5-7-13)15-14(17(22)23)16(20-24-15)19-8-11-21-9-2-1-3-10-21/h4-7H,1-3,8-11H2,(H,19,20)(H,22,23). The van der Waals surface area contributed by atoms with Gasteiger partial charge < -0.3 is 19.8 Å². The average Bonchev–Trinajstić information content (AvgIpc) is 3.01. The van der Waals surface area contributed by atoms with E-state index in [-0.39, 0.29) is 17.1 Å². The van der Waals surface area contributed by atoms with Crippen molar-refractivity contribution in [2.75, 3.05) is 31.5 Å². The Hall–Kier alpha value is -2.05. The smallest absolute Gasteiger partial charge is 0.343 e. The van der Waals surface area contributed by atoms with Gasteiger partial charge in [0.25, 0.3) is 0 Å². The van der Waals surface area contributed by atoms with E-state index >= 15 is 0 Å². The molecule has 0 unspecified atom stereocenters. The Balaban J connectivity index is 1.71. The van der Waals surface area contributed by atoms with Crippen LogP contribution in [0, 0.1) is 0 Å². The van der Waals surface area contributed by atoms with Gasteiger partial charge in [-0.1, -0.05) is 23.2 Å². The van der Waals surface area contributed by atoms with Gasteiger partial charge in [0, 0.05) is 23.7 Å². The van der Waals surface area contributed by atoms with E-state index in [4.69, 9.17) is 16.1 Å². The van der Waals surface area contributed by atoms with E-state index in [1.807, 2.05) is 0 Å². The van der Waals surface area contributed by atoms with Gasteiger partial charge in [-0.3, -0.25) is 0 Å². The number of hydrogen-bond donors (Lipinski definition) is 2. The van der Waals surface area contributed by atoms with Gasteiger partial charge in [-0.05, 0) is 50.2 Å². The molecule has 7 heteroatoms. The molecule has 0 radical (unpaired) electrons. The van der Waals surface area contributed by atoms with E-state index in [0.717, 1.165) is 19.6 Å². The van der Waals surface area contributed by atoms with Crippen LogP contribution in [0.5, 0.6) is 0 Å². The van der Waals surface area contributed by atoms with Crippen LogP contribution in [-0.4, -0.2) is 47.3 Å². The van der Waals surface area contributed by atoms with Gasteiger partial charge in [-0.15, -0.1) is 0 Å². The number of halogens is 1. The normalized spacial score (nSPS) is 15.4. The predicted octanol–water partition coefficient (Wildman–Crippen LogP) is 3.59. The van der Waals surface area contributed by atoms with Gasteiger partial charge in [0.1, 0.15) is 0 Å². The van der Waals surface area contributed by atoms with Crippen molar-refractivity contribution in [2.24, 2.45) is 0 Å². The van der Waals surface area contributed by atoms with Crippen molar-refractivity contribution in [1.29, 1.82) is 0 Å². The highest BCUT2D eigenvalue weighted by atomic mass is 35.5. The molecule has 0 atom stereocenters. The van der Waals surface area contributed by atoms with Crippen LogP contribution in [0.2, 0.25) is 5.02 Å². The number of nitrogens with one attached hydrogen (secondary N) is 1. The summed E-state index contributed by atoms with van der Waals surface area (Å²) >= 11 is 5.87. The third kappa shape index (κ3) is 3.88. The van der Waals surface area contributed by atoms with Crippen LogP contribution in [0.15, 0.2) is 28.8 Å². The molecule has 128 valence electrons. The monoisotopic (exact) mass is 349 g/mol. The summed E-state index contributed by atoms with van der Waals surface area (Å²) in [6.45, 7) is 3.69. The van der Waals surface area contributed by atoms with E-state index in [1.54, 1.807) is 24.3 Å². The van der Waals surface area contributed by atoms with Crippen molar-refractivity contribution in [3.05, 3.63) is 34.9 Å². The van der Waals surface area contributed by atoms with Crippen LogP contribution in [-0.2, 0) is 0 Å². The summed E-state index contributed by atoms with van der Waals surface area (Å²) in [5, 5.41) is 17.1. The molecule has 1 saturated heterocycles. The number of carbonyl (C=O) groups is 1. The number of aromatic carboxylic acids is 1. The summed E-state index contributed by atoms with van der Waals surface area (Å²) in [7, 11) is 0. The zero-order valence-corrected chi connectivity index (χ0v) is 14.1. The highest BCUT2D eigenvalue weighted by Gasteiger charge is 2.23. The minimum atomic E-state index is -1.07. The molecule has 0 saturated carbocycles. The summed E-state index contributed by atoms with van der Waals surface area (Å²) in [6, 6.07) is 6.81. The quantitative estimate of drug-likeness (QED) is 0.829. The maximum absolute atomic E-state index is 11.6. The van der Waals surface area contributed by atoms with Gasteiger partial charge >= 0.3 is 5.97 Å². The average molecular weight is 350 g/mol. The van der Waals surface area contributed by atoms with Crippen molar-refractivity contribution in [3.63, 3.8) is 0 Å². The molecule has 0 bridgehead atoms. The number of hydrogen-bond acceptors (Lipinski definition) is 5. The van der Waals surface area contributed by atoms with Crippen molar-refractivity contribution in [3.8, 4) is 11.3 Å². The second kappa shape index (κ2) is 7.68. The number of rotatable bonds is 6. The fraction of sp³-hybridized carbons (Fsp3) is 0.412. The van der Waals surface area contributed by atoms with Gasteiger partial charge in [0.05, 0.1) is 0 Å². The number of carboxylic acid groups (broad SMARTS) is 1. The molecule has 0 amide bonds. The van der Waals surface area contributed by atoms with Crippen LogP contribution in [0.25, 0.3) is 11.3 Å². The maximum Gasteiger partial charge on any atom is 0.343 e. The number of piperidine rings is 1. The molecule has 1 fully saturated rings. The van der Waals surface area contributed by atoms with E-state index in [1.165, 1.54) is 19.3 Å². The predicted molar refractivity (Wildman–Crippen MR) is 92.7 cm³/mol. The van der Waals surface area contributed by atoms with Crippen molar-refractivity contribution in [2.45, 2.75) is 19.3 Å². The number of nitrogens with zero attached hydrogens (tertiary/aromatic N) is 2. The Kier molecular flexibility index (Phi) is 5.37. The molecule has 1 aromatic heterocycles. The Labute approximate surface area is 145 Å². The van der Waals surface area contributed by atoms with Gasteiger partial charge in [0.2, 0.25) is 0 Å². The molecule has 1 aliphatic rings. The Morgan fingerprint density at radius 2 is 1.96 bits per heavy atom. The number of carboxylic acids is 1. The largest absolute Gasteiger partial charge is 0.477 e.